The Morgan fingerprint density at radius 2 is 1.41 bits per heavy atom. The maximum Gasteiger partial charge on any atom is 0.330 e. The van der Waals surface area contributed by atoms with Gasteiger partial charge in [-0.1, -0.05) is 54.1 Å². The number of nitrogens with zero attached hydrogens (tertiary/aromatic N) is 1. The largest absolute Gasteiger partial charge is 0.330 e. The van der Waals surface area contributed by atoms with Crippen molar-refractivity contribution in [2.24, 2.45) is 0 Å². The van der Waals surface area contributed by atoms with Crippen LogP contribution in [-0.4, -0.2) is 24.5 Å². The van der Waals surface area contributed by atoms with Crippen LogP contribution in [0.3, 0.4) is 0 Å². The minimum absolute atomic E-state index is 0.0707. The number of Topliss-reactive ketones (excluding diaryl/α,β-unsaturated/α-hetero) is 2. The van der Waals surface area contributed by atoms with Crippen LogP contribution in [0.5, 0.6) is 0 Å². The van der Waals surface area contributed by atoms with Crippen molar-refractivity contribution in [1.29, 1.82) is 0 Å². The number of alkyl halides is 2. The number of benzene rings is 3. The third-order valence-electron chi connectivity index (χ3n) is 5.53. The Bertz CT molecular complexity index is 1220. The van der Waals surface area contributed by atoms with Crippen molar-refractivity contribution in [3.05, 3.63) is 99.6 Å². The van der Waals surface area contributed by atoms with E-state index in [2.05, 4.69) is 0 Å². The van der Waals surface area contributed by atoms with Crippen LogP contribution in [-0.2, 0) is 28.4 Å². The van der Waals surface area contributed by atoms with E-state index in [1.807, 2.05) is 13.0 Å². The number of carbonyl (C=O) groups excluding carboxylic acids is 3. The number of rotatable bonds is 8. The molecule has 0 unspecified atom stereocenters. The predicted molar refractivity (Wildman–Crippen MR) is 129 cm³/mol. The zero-order valence-electron chi connectivity index (χ0n) is 19.1. The number of aryl methyl sites for hydroxylation is 1. The molecular weight excluding hydrogens is 460 g/mol. The highest BCUT2D eigenvalue weighted by Crippen LogP contribution is 2.29. The summed E-state index contributed by atoms with van der Waals surface area (Å²) in [4.78, 5) is 37.9. The number of amides is 1. The Balaban J connectivity index is 1.62. The molecule has 1 amide bonds. The predicted octanol–water partition coefficient (Wildman–Crippen LogP) is 5.96. The molecule has 0 aliphatic carbocycles. The molecule has 34 heavy (non-hydrogen) atoms. The van der Waals surface area contributed by atoms with Crippen LogP contribution in [0.4, 0.5) is 14.5 Å². The standard InChI is InChI=1S/C27H24ClF2NO3/c1-17-4-13-25(24(28)14-17)31(3)26(34)21-9-5-19(6-10-21)15-23(33)16-20-7-11-22(12-8-20)27(29,30)18(2)32/h4-14H,15-16H2,1-3H3. The summed E-state index contributed by atoms with van der Waals surface area (Å²) >= 11 is 6.27. The molecule has 0 aliphatic heterocycles. The molecule has 0 aliphatic rings. The lowest BCUT2D eigenvalue weighted by molar-refractivity contribution is -0.141. The van der Waals surface area contributed by atoms with Crippen molar-refractivity contribution in [2.75, 3.05) is 11.9 Å². The molecule has 0 saturated carbocycles. The minimum Gasteiger partial charge on any atom is -0.310 e. The van der Waals surface area contributed by atoms with E-state index in [0.717, 1.165) is 18.1 Å². The van der Waals surface area contributed by atoms with Crippen molar-refractivity contribution in [2.45, 2.75) is 32.6 Å². The zero-order valence-corrected chi connectivity index (χ0v) is 19.8. The van der Waals surface area contributed by atoms with E-state index in [1.54, 1.807) is 43.4 Å². The number of carbonyl (C=O) groups is 3. The first-order chi connectivity index (χ1) is 16.0. The SMILES string of the molecule is CC(=O)C(F)(F)c1ccc(CC(=O)Cc2ccc(C(=O)N(C)c3ccc(C)cc3Cl)cc2)cc1. The van der Waals surface area contributed by atoms with E-state index in [0.29, 0.717) is 21.8 Å². The van der Waals surface area contributed by atoms with Crippen LogP contribution >= 0.6 is 11.6 Å². The van der Waals surface area contributed by atoms with E-state index in [9.17, 15) is 23.2 Å². The molecule has 0 bridgehead atoms. The fourth-order valence-electron chi connectivity index (χ4n) is 3.51. The Morgan fingerprint density at radius 3 is 1.91 bits per heavy atom. The molecule has 7 heteroatoms. The molecule has 176 valence electrons. The summed E-state index contributed by atoms with van der Waals surface area (Å²) in [6.45, 7) is 2.76. The Kier molecular flexibility index (Phi) is 7.62. The second-order valence-corrected chi connectivity index (χ2v) is 8.64. The first kappa shape index (κ1) is 25.2. The smallest absolute Gasteiger partial charge is 0.310 e. The zero-order chi connectivity index (χ0) is 25.0. The summed E-state index contributed by atoms with van der Waals surface area (Å²) in [6, 6.07) is 17.4. The van der Waals surface area contributed by atoms with Gasteiger partial charge in [0.1, 0.15) is 5.78 Å². The lowest BCUT2D eigenvalue weighted by atomic mass is 9.99. The van der Waals surface area contributed by atoms with Gasteiger partial charge >= 0.3 is 5.92 Å². The Hall–Kier alpha value is -3.38. The molecule has 3 rings (SSSR count). The normalized spacial score (nSPS) is 11.2. The summed E-state index contributed by atoms with van der Waals surface area (Å²) in [5, 5.41) is 0.483. The summed E-state index contributed by atoms with van der Waals surface area (Å²) in [5.41, 5.74) is 2.97. The molecule has 4 nitrogen and oxygen atoms in total. The second kappa shape index (κ2) is 10.3. The summed E-state index contributed by atoms with van der Waals surface area (Å²) in [7, 11) is 1.65. The number of anilines is 1. The average molecular weight is 484 g/mol. The van der Waals surface area contributed by atoms with Gasteiger partial charge in [-0.25, -0.2) is 0 Å². The van der Waals surface area contributed by atoms with Crippen LogP contribution in [0.2, 0.25) is 5.02 Å². The quantitative estimate of drug-likeness (QED) is 0.397. The van der Waals surface area contributed by atoms with Crippen LogP contribution < -0.4 is 4.90 Å². The van der Waals surface area contributed by atoms with Gasteiger partial charge in [-0.3, -0.25) is 14.4 Å². The van der Waals surface area contributed by atoms with Gasteiger partial charge in [0.05, 0.1) is 10.7 Å². The maximum atomic E-state index is 13.8. The molecule has 3 aromatic carbocycles. The van der Waals surface area contributed by atoms with Gasteiger partial charge in [0.25, 0.3) is 5.91 Å². The van der Waals surface area contributed by atoms with E-state index in [-0.39, 0.29) is 24.5 Å². The fourth-order valence-corrected chi connectivity index (χ4v) is 3.87. The van der Waals surface area contributed by atoms with Crippen LogP contribution in [0, 0.1) is 6.92 Å². The molecule has 0 saturated heterocycles. The van der Waals surface area contributed by atoms with Gasteiger partial charge in [-0.15, -0.1) is 0 Å². The van der Waals surface area contributed by atoms with Gasteiger partial charge < -0.3 is 4.90 Å². The van der Waals surface area contributed by atoms with Crippen LogP contribution in [0.1, 0.15) is 39.5 Å². The fraction of sp³-hybridized carbons (Fsp3) is 0.222. The molecule has 0 radical (unpaired) electrons. The van der Waals surface area contributed by atoms with E-state index >= 15 is 0 Å². The molecular formula is C27H24ClF2NO3. The summed E-state index contributed by atoms with van der Waals surface area (Å²) in [6.07, 6.45) is 0.209. The van der Waals surface area contributed by atoms with Gasteiger partial charge in [0.2, 0.25) is 5.78 Å². The number of hydrogen-bond donors (Lipinski definition) is 0. The van der Waals surface area contributed by atoms with Crippen molar-refractivity contribution >= 4 is 34.8 Å². The monoisotopic (exact) mass is 483 g/mol. The van der Waals surface area contributed by atoms with Crippen molar-refractivity contribution in [3.8, 4) is 0 Å². The van der Waals surface area contributed by atoms with Gasteiger partial charge in [0.15, 0.2) is 0 Å². The number of hydrogen-bond acceptors (Lipinski definition) is 3. The first-order valence-corrected chi connectivity index (χ1v) is 11.0. The van der Waals surface area contributed by atoms with Crippen molar-refractivity contribution in [1.82, 2.24) is 0 Å². The number of halogens is 3. The summed E-state index contributed by atoms with van der Waals surface area (Å²) < 4.78 is 27.6. The highest BCUT2D eigenvalue weighted by atomic mass is 35.5. The molecule has 0 heterocycles. The Labute approximate surface area is 202 Å². The van der Waals surface area contributed by atoms with Gasteiger partial charge in [-0.05, 0) is 47.9 Å². The van der Waals surface area contributed by atoms with Crippen molar-refractivity contribution < 1.29 is 23.2 Å². The van der Waals surface area contributed by atoms with E-state index in [4.69, 9.17) is 11.6 Å². The van der Waals surface area contributed by atoms with Crippen LogP contribution in [0.25, 0.3) is 0 Å². The van der Waals surface area contributed by atoms with Gasteiger partial charge in [0, 0.05) is 37.9 Å². The first-order valence-electron chi connectivity index (χ1n) is 10.6. The molecule has 0 atom stereocenters. The third kappa shape index (κ3) is 5.75. The van der Waals surface area contributed by atoms with Crippen molar-refractivity contribution in [3.63, 3.8) is 0 Å². The van der Waals surface area contributed by atoms with E-state index < -0.39 is 17.3 Å². The highest BCUT2D eigenvalue weighted by Gasteiger charge is 2.37. The topological polar surface area (TPSA) is 54.5 Å². The average Bonchev–Trinajstić information content (AvgIpc) is 2.79. The maximum absolute atomic E-state index is 13.8. The second-order valence-electron chi connectivity index (χ2n) is 8.24. The highest BCUT2D eigenvalue weighted by molar-refractivity contribution is 6.34. The molecule has 0 spiro atoms. The lowest BCUT2D eigenvalue weighted by Crippen LogP contribution is -2.26. The lowest BCUT2D eigenvalue weighted by Gasteiger charge is -2.19. The minimum atomic E-state index is -3.54. The molecule has 0 fully saturated rings. The molecule has 0 N–H and O–H groups in total. The van der Waals surface area contributed by atoms with Gasteiger partial charge in [-0.2, -0.15) is 8.78 Å². The van der Waals surface area contributed by atoms with E-state index in [1.165, 1.54) is 29.2 Å². The third-order valence-corrected chi connectivity index (χ3v) is 5.83. The molecule has 0 aromatic heterocycles. The molecule has 3 aromatic rings. The summed E-state index contributed by atoms with van der Waals surface area (Å²) in [5.74, 6) is -5.10. The van der Waals surface area contributed by atoms with Crippen LogP contribution in [0.15, 0.2) is 66.7 Å². The number of ketones is 2. The Morgan fingerprint density at radius 1 is 0.882 bits per heavy atom.